The summed E-state index contributed by atoms with van der Waals surface area (Å²) in [4.78, 5) is 10.3. The number of likely N-dealkylation sites (tertiary alicyclic amines) is 1. The minimum Gasteiger partial charge on any atom is -0.378 e. The lowest BCUT2D eigenvalue weighted by Gasteiger charge is -2.70. The summed E-state index contributed by atoms with van der Waals surface area (Å²) in [5, 5.41) is 3.63. The first-order valence-corrected chi connectivity index (χ1v) is 13.2. The molecule has 4 aliphatic carbocycles. The van der Waals surface area contributed by atoms with Gasteiger partial charge >= 0.3 is 0 Å². The second-order valence-electron chi connectivity index (χ2n) is 11.5. The fraction of sp³-hybridized carbons (Fsp3) is 0.552. The summed E-state index contributed by atoms with van der Waals surface area (Å²) < 4.78 is 12.4. The number of fused-ring (bicyclic) bond motifs is 2. The van der Waals surface area contributed by atoms with Gasteiger partial charge in [0.05, 0.1) is 36.3 Å². The number of aromatic nitrogens is 1. The van der Waals surface area contributed by atoms with Crippen molar-refractivity contribution in [1.82, 2.24) is 14.8 Å². The van der Waals surface area contributed by atoms with Crippen LogP contribution >= 0.6 is 0 Å². The van der Waals surface area contributed by atoms with Gasteiger partial charge in [-0.1, -0.05) is 24.3 Å². The maximum absolute atomic E-state index is 12.4. The Bertz CT molecular complexity index is 1100. The Kier molecular flexibility index (Phi) is 4.89. The van der Waals surface area contributed by atoms with Gasteiger partial charge in [-0.25, -0.2) is 0 Å². The molecule has 0 spiro atoms. The molecule has 2 bridgehead atoms. The standard InChI is InChI=1S/C29H35FN4/c1-19-11-25-24-6-3-2-5-21(24)12-26(25)28(34(19)29-13-20(14-29)15-29)27-8-7-22(16-31-27)32-23-17-33(18-23)10-4-9-30/h2-3,5-8,16,19-20,23,28,32H,4,9-15,17-18H2,1H3/t19-,20?,28+,29?/m1/s1. The summed E-state index contributed by atoms with van der Waals surface area (Å²) in [6.07, 6.45) is 9.05. The lowest BCUT2D eigenvalue weighted by atomic mass is 9.48. The molecule has 2 aromatic rings. The fourth-order valence-electron chi connectivity index (χ4n) is 7.60. The van der Waals surface area contributed by atoms with Gasteiger partial charge in [-0.3, -0.25) is 19.2 Å². The van der Waals surface area contributed by atoms with Crippen molar-refractivity contribution in [2.24, 2.45) is 5.92 Å². The molecule has 178 valence electrons. The van der Waals surface area contributed by atoms with E-state index in [1.807, 2.05) is 6.20 Å². The Morgan fingerprint density at radius 2 is 1.94 bits per heavy atom. The van der Waals surface area contributed by atoms with Crippen LogP contribution in [0.5, 0.6) is 0 Å². The minimum absolute atomic E-state index is 0.220. The Hall–Kier alpha value is -2.24. The van der Waals surface area contributed by atoms with Crippen molar-refractivity contribution >= 4 is 11.3 Å². The zero-order valence-electron chi connectivity index (χ0n) is 20.1. The first-order valence-electron chi connectivity index (χ1n) is 13.2. The third-order valence-electron chi connectivity index (χ3n) is 9.25. The maximum Gasteiger partial charge on any atom is 0.0906 e. The molecule has 1 N–H and O–H groups in total. The van der Waals surface area contributed by atoms with E-state index in [2.05, 4.69) is 58.4 Å². The number of nitrogens with zero attached hydrogens (tertiary/aromatic N) is 3. The van der Waals surface area contributed by atoms with E-state index in [4.69, 9.17) is 4.98 Å². The van der Waals surface area contributed by atoms with Gasteiger partial charge in [-0.2, -0.15) is 0 Å². The molecule has 1 saturated heterocycles. The SMILES string of the molecule is C[C@@H]1CC2=C(Cc3ccccc32)[C@@H](c2ccc(NC3CN(CCCF)C3)cn2)N1C12CC(C1)C2. The van der Waals surface area contributed by atoms with Gasteiger partial charge in [0.25, 0.3) is 0 Å². The van der Waals surface area contributed by atoms with Gasteiger partial charge in [0.2, 0.25) is 0 Å². The van der Waals surface area contributed by atoms with Crippen LogP contribution in [-0.2, 0) is 6.42 Å². The molecule has 1 aromatic carbocycles. The van der Waals surface area contributed by atoms with Crippen LogP contribution in [0.15, 0.2) is 48.2 Å². The van der Waals surface area contributed by atoms with Crippen LogP contribution in [0.25, 0.3) is 5.57 Å². The third-order valence-corrected chi connectivity index (χ3v) is 9.25. The number of alkyl halides is 1. The van der Waals surface area contributed by atoms with E-state index in [1.165, 1.54) is 36.1 Å². The van der Waals surface area contributed by atoms with Gasteiger partial charge in [0.15, 0.2) is 0 Å². The van der Waals surface area contributed by atoms with Crippen molar-refractivity contribution in [3.8, 4) is 0 Å². The predicted octanol–water partition coefficient (Wildman–Crippen LogP) is 5.24. The van der Waals surface area contributed by atoms with Crippen LogP contribution in [0, 0.1) is 5.92 Å². The van der Waals surface area contributed by atoms with Crippen LogP contribution in [0.4, 0.5) is 10.1 Å². The van der Waals surface area contributed by atoms with Gasteiger partial charge in [-0.05, 0) is 85.8 Å². The number of anilines is 1. The van der Waals surface area contributed by atoms with E-state index in [-0.39, 0.29) is 6.67 Å². The number of hydrogen-bond donors (Lipinski definition) is 1. The summed E-state index contributed by atoms with van der Waals surface area (Å²) >= 11 is 0. The zero-order chi connectivity index (χ0) is 22.9. The largest absolute Gasteiger partial charge is 0.378 e. The molecule has 2 atom stereocenters. The zero-order valence-corrected chi connectivity index (χ0v) is 20.1. The molecule has 5 heteroatoms. The molecule has 6 aliphatic rings. The third kappa shape index (κ3) is 3.20. The molecule has 4 nitrogen and oxygen atoms in total. The average molecular weight is 459 g/mol. The van der Waals surface area contributed by atoms with Crippen molar-refractivity contribution in [3.63, 3.8) is 0 Å². The summed E-state index contributed by atoms with van der Waals surface area (Å²) in [5.74, 6) is 0.968. The quantitative estimate of drug-likeness (QED) is 0.615. The topological polar surface area (TPSA) is 31.4 Å². The number of nitrogens with one attached hydrogen (secondary N) is 1. The molecule has 2 aliphatic heterocycles. The molecular formula is C29H35FN4. The van der Waals surface area contributed by atoms with Gasteiger partial charge < -0.3 is 5.32 Å². The Balaban J connectivity index is 1.15. The highest BCUT2D eigenvalue weighted by atomic mass is 19.1. The Morgan fingerprint density at radius 1 is 1.12 bits per heavy atom. The second kappa shape index (κ2) is 7.89. The van der Waals surface area contributed by atoms with E-state index in [0.717, 1.165) is 44.1 Å². The average Bonchev–Trinajstić information content (AvgIpc) is 3.12. The number of halogens is 1. The highest BCUT2D eigenvalue weighted by Crippen LogP contribution is 2.65. The van der Waals surface area contributed by atoms with E-state index in [9.17, 15) is 4.39 Å². The molecule has 0 radical (unpaired) electrons. The van der Waals surface area contributed by atoms with E-state index >= 15 is 0 Å². The lowest BCUT2D eigenvalue weighted by molar-refractivity contribution is -0.173. The molecule has 34 heavy (non-hydrogen) atoms. The molecule has 3 saturated carbocycles. The first-order chi connectivity index (χ1) is 16.6. The van der Waals surface area contributed by atoms with Crippen molar-refractivity contribution in [2.75, 3.05) is 31.6 Å². The van der Waals surface area contributed by atoms with Gasteiger partial charge in [-0.15, -0.1) is 0 Å². The molecule has 3 heterocycles. The highest BCUT2D eigenvalue weighted by Gasteiger charge is 2.63. The van der Waals surface area contributed by atoms with Crippen LogP contribution in [-0.4, -0.2) is 58.7 Å². The van der Waals surface area contributed by atoms with Crippen LogP contribution in [0.3, 0.4) is 0 Å². The monoisotopic (exact) mass is 458 g/mol. The molecule has 0 unspecified atom stereocenters. The van der Waals surface area contributed by atoms with Gasteiger partial charge in [0, 0.05) is 31.2 Å². The minimum atomic E-state index is -0.220. The van der Waals surface area contributed by atoms with Crippen molar-refractivity contribution < 1.29 is 4.39 Å². The fourth-order valence-corrected chi connectivity index (χ4v) is 7.60. The van der Waals surface area contributed by atoms with Crippen molar-refractivity contribution in [2.45, 2.75) is 69.1 Å². The van der Waals surface area contributed by atoms with Crippen LogP contribution in [0.1, 0.15) is 61.9 Å². The molecule has 0 amide bonds. The van der Waals surface area contributed by atoms with E-state index in [1.54, 1.807) is 11.1 Å². The van der Waals surface area contributed by atoms with Crippen molar-refractivity contribution in [1.29, 1.82) is 0 Å². The normalized spacial score (nSPS) is 32.5. The Labute approximate surface area is 202 Å². The van der Waals surface area contributed by atoms with E-state index < -0.39 is 0 Å². The molecule has 8 rings (SSSR count). The summed E-state index contributed by atoms with van der Waals surface area (Å²) in [7, 11) is 0. The summed E-state index contributed by atoms with van der Waals surface area (Å²) in [5.41, 5.74) is 8.87. The lowest BCUT2D eigenvalue weighted by Crippen LogP contribution is -2.71. The molecule has 1 aromatic heterocycles. The molecule has 4 fully saturated rings. The number of hydrogen-bond acceptors (Lipinski definition) is 4. The van der Waals surface area contributed by atoms with E-state index in [0.29, 0.717) is 30.1 Å². The number of rotatable bonds is 7. The van der Waals surface area contributed by atoms with Gasteiger partial charge in [0.1, 0.15) is 0 Å². The maximum atomic E-state index is 12.4. The molecular weight excluding hydrogens is 423 g/mol. The van der Waals surface area contributed by atoms with Crippen LogP contribution < -0.4 is 5.32 Å². The smallest absolute Gasteiger partial charge is 0.0906 e. The van der Waals surface area contributed by atoms with Crippen molar-refractivity contribution in [3.05, 3.63) is 65.0 Å². The second-order valence-corrected chi connectivity index (χ2v) is 11.5. The first kappa shape index (κ1) is 21.1. The highest BCUT2D eigenvalue weighted by molar-refractivity contribution is 5.79. The predicted molar refractivity (Wildman–Crippen MR) is 134 cm³/mol. The Morgan fingerprint density at radius 3 is 2.65 bits per heavy atom. The summed E-state index contributed by atoms with van der Waals surface area (Å²) in [6.45, 7) is 5.08. The number of benzene rings is 1. The summed E-state index contributed by atoms with van der Waals surface area (Å²) in [6, 6.07) is 14.8. The number of pyridine rings is 1. The van der Waals surface area contributed by atoms with Crippen LogP contribution in [0.2, 0.25) is 0 Å².